The number of nitrogens with one attached hydrogen (secondary N) is 1. The molecule has 15 heavy (non-hydrogen) atoms. The van der Waals surface area contributed by atoms with Crippen LogP contribution in [0.3, 0.4) is 0 Å². The molecule has 0 aliphatic heterocycles. The van der Waals surface area contributed by atoms with E-state index in [0.29, 0.717) is 18.3 Å². The number of aliphatic hydroxyl groups is 1. The van der Waals surface area contributed by atoms with Crippen LogP contribution in [0.4, 0.5) is 5.69 Å². The lowest BCUT2D eigenvalue weighted by molar-refractivity contribution is 0.174. The Kier molecular flexibility index (Phi) is 3.29. The van der Waals surface area contributed by atoms with Gasteiger partial charge < -0.3 is 16.2 Å². The van der Waals surface area contributed by atoms with Gasteiger partial charge in [-0.05, 0) is 46.5 Å². The highest BCUT2D eigenvalue weighted by Crippen LogP contribution is 2.24. The largest absolute Gasteiger partial charge is 0.398 e. The summed E-state index contributed by atoms with van der Waals surface area (Å²) in [6.45, 7) is 0.603. The van der Waals surface area contributed by atoms with E-state index in [-0.39, 0.29) is 0 Å². The number of aliphatic hydroxyl groups excluding tert-OH is 1. The molecule has 1 atom stereocenters. The summed E-state index contributed by atoms with van der Waals surface area (Å²) >= 11 is 3.33. The molecule has 0 heterocycles. The molecule has 3 nitrogen and oxygen atoms in total. The second-order valence-corrected chi connectivity index (χ2v) is 4.83. The van der Waals surface area contributed by atoms with Crippen LogP contribution >= 0.6 is 15.9 Å². The number of nitrogens with two attached hydrogens (primary N) is 1. The lowest BCUT2D eigenvalue weighted by atomic mass is 10.1. The Balaban J connectivity index is 1.97. The molecule has 1 aromatic carbocycles. The van der Waals surface area contributed by atoms with Gasteiger partial charge in [-0.2, -0.15) is 0 Å². The van der Waals surface area contributed by atoms with Gasteiger partial charge in [0.05, 0.1) is 6.10 Å². The molecule has 4 N–H and O–H groups in total. The van der Waals surface area contributed by atoms with Crippen LogP contribution in [-0.4, -0.2) is 17.7 Å². The van der Waals surface area contributed by atoms with E-state index in [2.05, 4.69) is 21.2 Å². The van der Waals surface area contributed by atoms with Gasteiger partial charge in [0.15, 0.2) is 0 Å². The van der Waals surface area contributed by atoms with Gasteiger partial charge in [0.2, 0.25) is 0 Å². The maximum absolute atomic E-state index is 9.88. The Hall–Kier alpha value is -0.580. The molecule has 1 aliphatic rings. The van der Waals surface area contributed by atoms with Gasteiger partial charge in [-0.3, -0.25) is 0 Å². The monoisotopic (exact) mass is 270 g/mol. The fraction of sp³-hybridized carbons (Fsp3) is 0.455. The van der Waals surface area contributed by atoms with E-state index in [1.807, 2.05) is 18.2 Å². The first kappa shape index (κ1) is 10.9. The van der Waals surface area contributed by atoms with Crippen molar-refractivity contribution in [3.63, 3.8) is 0 Å². The van der Waals surface area contributed by atoms with Gasteiger partial charge >= 0.3 is 0 Å². The summed E-state index contributed by atoms with van der Waals surface area (Å²) in [5, 5.41) is 13.2. The fourth-order valence-corrected chi connectivity index (χ4v) is 1.70. The van der Waals surface area contributed by atoms with Gasteiger partial charge in [-0.1, -0.05) is 6.07 Å². The average molecular weight is 271 g/mol. The number of hydrogen-bond acceptors (Lipinski definition) is 3. The van der Waals surface area contributed by atoms with Crippen molar-refractivity contribution in [3.8, 4) is 0 Å². The molecule has 4 heteroatoms. The van der Waals surface area contributed by atoms with E-state index in [0.717, 1.165) is 10.0 Å². The predicted octanol–water partition coefficient (Wildman–Crippen LogP) is 1.82. The van der Waals surface area contributed by atoms with Crippen LogP contribution in [0, 0.1) is 0 Å². The molecule has 1 aliphatic carbocycles. The fourth-order valence-electron chi connectivity index (χ4n) is 1.45. The van der Waals surface area contributed by atoms with Crippen molar-refractivity contribution in [1.29, 1.82) is 0 Å². The van der Waals surface area contributed by atoms with Crippen molar-refractivity contribution in [3.05, 3.63) is 28.2 Å². The third kappa shape index (κ3) is 2.93. The molecule has 1 aromatic rings. The van der Waals surface area contributed by atoms with Crippen molar-refractivity contribution >= 4 is 21.6 Å². The molecule has 0 bridgehead atoms. The Bertz CT molecular complexity index is 352. The summed E-state index contributed by atoms with van der Waals surface area (Å²) in [6, 6.07) is 6.18. The van der Waals surface area contributed by atoms with Crippen LogP contribution in [0.25, 0.3) is 0 Å². The molecular formula is C11H15BrN2O. The maximum atomic E-state index is 9.88. The van der Waals surface area contributed by atoms with Crippen LogP contribution in [0.15, 0.2) is 22.7 Å². The smallest absolute Gasteiger partial charge is 0.0915 e. The van der Waals surface area contributed by atoms with Crippen molar-refractivity contribution in [2.75, 3.05) is 12.3 Å². The van der Waals surface area contributed by atoms with Crippen LogP contribution in [0.5, 0.6) is 0 Å². The normalized spacial score (nSPS) is 17.7. The zero-order valence-electron chi connectivity index (χ0n) is 8.41. The molecule has 0 radical (unpaired) electrons. The Morgan fingerprint density at radius 2 is 2.27 bits per heavy atom. The summed E-state index contributed by atoms with van der Waals surface area (Å²) in [7, 11) is 0. The number of halogens is 1. The third-order valence-corrected chi connectivity index (χ3v) is 3.30. The van der Waals surface area contributed by atoms with Crippen molar-refractivity contribution in [1.82, 2.24) is 5.32 Å². The van der Waals surface area contributed by atoms with E-state index in [1.54, 1.807) is 0 Å². The summed E-state index contributed by atoms with van der Waals surface area (Å²) in [5.41, 5.74) is 7.28. The summed E-state index contributed by atoms with van der Waals surface area (Å²) < 4.78 is 0.869. The Labute approximate surface area is 97.8 Å². The third-order valence-electron chi connectivity index (χ3n) is 2.58. The molecule has 82 valence electrons. The topological polar surface area (TPSA) is 58.3 Å². The van der Waals surface area contributed by atoms with Gasteiger partial charge in [-0.15, -0.1) is 0 Å². The SMILES string of the molecule is Nc1cc(C(O)CNC2CC2)ccc1Br. The Morgan fingerprint density at radius 3 is 2.87 bits per heavy atom. The summed E-state index contributed by atoms with van der Waals surface area (Å²) in [5.74, 6) is 0. The van der Waals surface area contributed by atoms with Crippen LogP contribution in [-0.2, 0) is 0 Å². The van der Waals surface area contributed by atoms with Gasteiger partial charge in [0.1, 0.15) is 0 Å². The first-order chi connectivity index (χ1) is 7.16. The van der Waals surface area contributed by atoms with E-state index in [9.17, 15) is 5.11 Å². The molecule has 1 saturated carbocycles. The van der Waals surface area contributed by atoms with E-state index < -0.39 is 6.10 Å². The van der Waals surface area contributed by atoms with Gasteiger partial charge in [-0.25, -0.2) is 0 Å². The molecular weight excluding hydrogens is 256 g/mol. The molecule has 1 unspecified atom stereocenters. The van der Waals surface area contributed by atoms with Gasteiger partial charge in [0, 0.05) is 22.7 Å². The number of benzene rings is 1. The van der Waals surface area contributed by atoms with Crippen LogP contribution < -0.4 is 11.1 Å². The number of hydrogen-bond donors (Lipinski definition) is 3. The quantitative estimate of drug-likeness (QED) is 0.732. The van der Waals surface area contributed by atoms with Crippen molar-refractivity contribution < 1.29 is 5.11 Å². The number of anilines is 1. The highest BCUT2D eigenvalue weighted by molar-refractivity contribution is 9.10. The van der Waals surface area contributed by atoms with Crippen molar-refractivity contribution in [2.45, 2.75) is 25.0 Å². The van der Waals surface area contributed by atoms with E-state index in [1.165, 1.54) is 12.8 Å². The molecule has 0 saturated heterocycles. The minimum Gasteiger partial charge on any atom is -0.398 e. The highest BCUT2D eigenvalue weighted by Gasteiger charge is 2.21. The summed E-state index contributed by atoms with van der Waals surface area (Å²) in [4.78, 5) is 0. The Morgan fingerprint density at radius 1 is 1.53 bits per heavy atom. The standard InChI is InChI=1S/C11H15BrN2O/c12-9-4-1-7(5-10(9)13)11(15)6-14-8-2-3-8/h1,4-5,8,11,14-15H,2-3,6,13H2. The predicted molar refractivity (Wildman–Crippen MR) is 64.5 cm³/mol. The van der Waals surface area contributed by atoms with Crippen LogP contribution in [0.1, 0.15) is 24.5 Å². The average Bonchev–Trinajstić information content (AvgIpc) is 3.02. The van der Waals surface area contributed by atoms with Crippen LogP contribution in [0.2, 0.25) is 0 Å². The van der Waals surface area contributed by atoms with Gasteiger partial charge in [0.25, 0.3) is 0 Å². The minimum atomic E-state index is -0.471. The molecule has 0 aromatic heterocycles. The molecule has 0 amide bonds. The number of rotatable bonds is 4. The number of nitrogen functional groups attached to an aromatic ring is 1. The maximum Gasteiger partial charge on any atom is 0.0915 e. The highest BCUT2D eigenvalue weighted by atomic mass is 79.9. The zero-order valence-corrected chi connectivity index (χ0v) is 10.00. The second kappa shape index (κ2) is 4.51. The zero-order chi connectivity index (χ0) is 10.8. The summed E-state index contributed by atoms with van der Waals surface area (Å²) in [6.07, 6.45) is 1.99. The molecule has 1 fully saturated rings. The van der Waals surface area contributed by atoms with E-state index >= 15 is 0 Å². The second-order valence-electron chi connectivity index (χ2n) is 3.98. The minimum absolute atomic E-state index is 0.471. The van der Waals surface area contributed by atoms with Crippen molar-refractivity contribution in [2.24, 2.45) is 0 Å². The molecule has 2 rings (SSSR count). The lowest BCUT2D eigenvalue weighted by Crippen LogP contribution is -2.23. The first-order valence-electron chi connectivity index (χ1n) is 5.13. The first-order valence-corrected chi connectivity index (χ1v) is 5.92. The lowest BCUT2D eigenvalue weighted by Gasteiger charge is -2.12. The van der Waals surface area contributed by atoms with E-state index in [4.69, 9.17) is 5.73 Å². The molecule has 0 spiro atoms.